The third-order valence-electron chi connectivity index (χ3n) is 7.91. The number of aryl methyl sites for hydroxylation is 1. The van der Waals surface area contributed by atoms with E-state index in [0.29, 0.717) is 30.8 Å². The molecule has 6 nitrogen and oxygen atoms in total. The van der Waals surface area contributed by atoms with E-state index in [1.807, 2.05) is 26.1 Å². The number of benzene rings is 1. The van der Waals surface area contributed by atoms with Crippen molar-refractivity contribution in [3.8, 4) is 0 Å². The molecule has 7 heteroatoms. The predicted octanol–water partition coefficient (Wildman–Crippen LogP) is 2.07. The number of ether oxygens (including phenoxy) is 1. The van der Waals surface area contributed by atoms with Crippen LogP contribution in [0.5, 0.6) is 0 Å². The van der Waals surface area contributed by atoms with Gasteiger partial charge in [0, 0.05) is 37.5 Å². The van der Waals surface area contributed by atoms with E-state index < -0.39 is 21.2 Å². The van der Waals surface area contributed by atoms with Gasteiger partial charge in [0.1, 0.15) is 11.4 Å². The van der Waals surface area contributed by atoms with E-state index >= 15 is 0 Å². The Morgan fingerprint density at radius 3 is 2.52 bits per heavy atom. The molecule has 158 valence electrons. The van der Waals surface area contributed by atoms with Crippen molar-refractivity contribution in [1.82, 2.24) is 9.21 Å². The molecule has 1 aromatic carbocycles. The fraction of sp³-hybridized carbons (Fsp3) is 0.682. The third kappa shape index (κ3) is 2.44. The second-order valence-corrected chi connectivity index (χ2v) is 11.7. The van der Waals surface area contributed by atoms with Crippen molar-refractivity contribution in [2.24, 2.45) is 17.8 Å². The highest BCUT2D eigenvalue weighted by Crippen LogP contribution is 2.63. The molecule has 1 saturated carbocycles. The first-order valence-electron chi connectivity index (χ1n) is 10.6. The van der Waals surface area contributed by atoms with Crippen molar-refractivity contribution in [3.05, 3.63) is 29.8 Å². The summed E-state index contributed by atoms with van der Waals surface area (Å²) >= 11 is 0. The summed E-state index contributed by atoms with van der Waals surface area (Å²) in [5.41, 5.74) is -0.148. The largest absolute Gasteiger partial charge is 0.367 e. The average Bonchev–Trinajstić information content (AvgIpc) is 3.06. The minimum atomic E-state index is -3.70. The average molecular weight is 419 g/mol. The fourth-order valence-electron chi connectivity index (χ4n) is 6.85. The van der Waals surface area contributed by atoms with Crippen LogP contribution in [-0.2, 0) is 19.6 Å². The van der Waals surface area contributed by atoms with Crippen molar-refractivity contribution < 1.29 is 17.9 Å². The molecular weight excluding hydrogens is 388 g/mol. The van der Waals surface area contributed by atoms with E-state index in [2.05, 4.69) is 18.7 Å². The SMILES string of the molecule is Cc1ccc(S(=O)(=O)N2C[C@@]34CN(C)C[C@@H](O3)[C@H]3C(=O)CC[C@]2(C(C)C)[C@H]34)cc1. The number of sulfonamides is 1. The first-order valence-corrected chi connectivity index (χ1v) is 12.0. The van der Waals surface area contributed by atoms with Crippen molar-refractivity contribution in [3.63, 3.8) is 0 Å². The van der Waals surface area contributed by atoms with Crippen LogP contribution in [0.2, 0.25) is 0 Å². The molecule has 29 heavy (non-hydrogen) atoms. The highest BCUT2D eigenvalue weighted by atomic mass is 32.2. The predicted molar refractivity (Wildman–Crippen MR) is 109 cm³/mol. The molecule has 5 rings (SSSR count). The molecule has 3 aliphatic heterocycles. The minimum absolute atomic E-state index is 0.0774. The number of hydrogen-bond acceptors (Lipinski definition) is 5. The fourth-order valence-corrected chi connectivity index (χ4v) is 8.83. The number of Topliss-reactive ketones (excluding diaryl/α,β-unsaturated/α-hetero) is 1. The summed E-state index contributed by atoms with van der Waals surface area (Å²) in [5.74, 6) is 0.0692. The van der Waals surface area contributed by atoms with Crippen LogP contribution in [0.25, 0.3) is 0 Å². The molecule has 0 aromatic heterocycles. The normalized spacial score (nSPS) is 39.9. The summed E-state index contributed by atoms with van der Waals surface area (Å²) < 4.78 is 36.0. The summed E-state index contributed by atoms with van der Waals surface area (Å²) in [6, 6.07) is 7.09. The van der Waals surface area contributed by atoms with Crippen LogP contribution in [0.3, 0.4) is 0 Å². The number of fused-ring (bicyclic) bond motifs is 2. The lowest BCUT2D eigenvalue weighted by molar-refractivity contribution is -0.133. The Bertz CT molecular complexity index is 960. The Labute approximate surface area is 173 Å². The monoisotopic (exact) mass is 418 g/mol. The first-order chi connectivity index (χ1) is 13.6. The molecule has 4 aliphatic rings. The zero-order valence-electron chi connectivity index (χ0n) is 17.6. The van der Waals surface area contributed by atoms with Gasteiger partial charge in [0.15, 0.2) is 0 Å². The van der Waals surface area contributed by atoms with E-state index in [-0.39, 0.29) is 29.6 Å². The molecule has 1 aliphatic carbocycles. The number of morpholine rings is 1. The topological polar surface area (TPSA) is 66.9 Å². The Balaban J connectivity index is 1.69. The number of rotatable bonds is 3. The molecule has 0 unspecified atom stereocenters. The Hall–Kier alpha value is -1.28. The highest BCUT2D eigenvalue weighted by Gasteiger charge is 2.76. The van der Waals surface area contributed by atoms with Gasteiger partial charge in [-0.05, 0) is 38.4 Å². The molecule has 3 saturated heterocycles. The van der Waals surface area contributed by atoms with Gasteiger partial charge in [-0.2, -0.15) is 4.31 Å². The molecule has 3 heterocycles. The lowest BCUT2D eigenvalue weighted by Crippen LogP contribution is -2.60. The van der Waals surface area contributed by atoms with Crippen LogP contribution in [0.15, 0.2) is 29.2 Å². The summed E-state index contributed by atoms with van der Waals surface area (Å²) in [7, 11) is -1.66. The third-order valence-corrected chi connectivity index (χ3v) is 9.83. The van der Waals surface area contributed by atoms with Crippen LogP contribution in [0.1, 0.15) is 32.3 Å². The molecule has 0 radical (unpaired) electrons. The Morgan fingerprint density at radius 2 is 1.86 bits per heavy atom. The highest BCUT2D eigenvalue weighted by molar-refractivity contribution is 7.89. The van der Waals surface area contributed by atoms with Crippen molar-refractivity contribution in [2.75, 3.05) is 26.7 Å². The van der Waals surface area contributed by atoms with Gasteiger partial charge in [0.2, 0.25) is 10.0 Å². The van der Waals surface area contributed by atoms with Gasteiger partial charge in [0.25, 0.3) is 0 Å². The molecule has 5 atom stereocenters. The minimum Gasteiger partial charge on any atom is -0.367 e. The number of likely N-dealkylation sites (N-methyl/N-ethyl adjacent to an activating group) is 1. The zero-order chi connectivity index (χ0) is 20.8. The summed E-state index contributed by atoms with van der Waals surface area (Å²) in [5, 5.41) is 0. The molecular formula is C22H30N2O4S. The second-order valence-electron chi connectivity index (χ2n) is 9.86. The quantitative estimate of drug-likeness (QED) is 0.752. The van der Waals surface area contributed by atoms with Crippen LogP contribution in [0.4, 0.5) is 0 Å². The van der Waals surface area contributed by atoms with Gasteiger partial charge >= 0.3 is 0 Å². The van der Waals surface area contributed by atoms with Crippen molar-refractivity contribution in [2.45, 2.75) is 55.8 Å². The Kier molecular flexibility index (Phi) is 4.15. The first kappa shape index (κ1) is 19.7. The number of hydrogen-bond donors (Lipinski definition) is 0. The van der Waals surface area contributed by atoms with Crippen LogP contribution in [0, 0.1) is 24.7 Å². The second kappa shape index (κ2) is 6.13. The van der Waals surface area contributed by atoms with E-state index in [1.54, 1.807) is 16.4 Å². The summed E-state index contributed by atoms with van der Waals surface area (Å²) in [6.07, 6.45) is 0.893. The van der Waals surface area contributed by atoms with Crippen molar-refractivity contribution >= 4 is 15.8 Å². The number of ketones is 1. The molecule has 0 N–H and O–H groups in total. The number of likely N-dealkylation sites (tertiary alicyclic amines) is 1. The molecule has 4 fully saturated rings. The van der Waals surface area contributed by atoms with Gasteiger partial charge in [-0.15, -0.1) is 0 Å². The number of nitrogens with zero attached hydrogens (tertiary/aromatic N) is 2. The summed E-state index contributed by atoms with van der Waals surface area (Å²) in [4.78, 5) is 15.5. The maximum atomic E-state index is 13.9. The standard InChI is InChI=1S/C22H30N2O4S/c1-14(2)22-10-9-17(25)19-18-11-23(4)12-21(28-18,20(19)22)13-24(22)29(26,27)16-7-5-15(3)6-8-16/h5-8,14,18-20H,9-13H2,1-4H3/t18-,19-,20-,21-,22+/m1/s1. The lowest BCUT2D eigenvalue weighted by atomic mass is 9.60. The Morgan fingerprint density at radius 1 is 1.17 bits per heavy atom. The van der Waals surface area contributed by atoms with Gasteiger partial charge in [-0.25, -0.2) is 8.42 Å². The molecule has 1 spiro atoms. The van der Waals surface area contributed by atoms with Gasteiger partial charge < -0.3 is 9.64 Å². The maximum absolute atomic E-state index is 13.9. The van der Waals surface area contributed by atoms with Gasteiger partial charge in [-0.3, -0.25) is 4.79 Å². The lowest BCUT2D eigenvalue weighted by Gasteiger charge is -2.49. The number of carbonyl (C=O) groups excluding carboxylic acids is 1. The zero-order valence-corrected chi connectivity index (χ0v) is 18.4. The molecule has 0 amide bonds. The molecule has 1 aromatic rings. The van der Waals surface area contributed by atoms with Crippen LogP contribution < -0.4 is 0 Å². The van der Waals surface area contributed by atoms with E-state index in [4.69, 9.17) is 4.74 Å². The van der Waals surface area contributed by atoms with Gasteiger partial charge in [-0.1, -0.05) is 31.5 Å². The van der Waals surface area contributed by atoms with Crippen LogP contribution >= 0.6 is 0 Å². The van der Waals surface area contributed by atoms with E-state index in [9.17, 15) is 13.2 Å². The summed E-state index contributed by atoms with van der Waals surface area (Å²) in [6.45, 7) is 7.91. The van der Waals surface area contributed by atoms with Crippen molar-refractivity contribution in [1.29, 1.82) is 0 Å². The van der Waals surface area contributed by atoms with Gasteiger partial charge in [0.05, 0.1) is 16.9 Å². The maximum Gasteiger partial charge on any atom is 0.243 e. The van der Waals surface area contributed by atoms with E-state index in [0.717, 1.165) is 12.1 Å². The molecule has 2 bridgehead atoms. The smallest absolute Gasteiger partial charge is 0.243 e. The van der Waals surface area contributed by atoms with Crippen LogP contribution in [-0.4, -0.2) is 67.3 Å². The van der Waals surface area contributed by atoms with E-state index in [1.165, 1.54) is 0 Å². The number of carbonyl (C=O) groups is 1.